The van der Waals surface area contributed by atoms with Gasteiger partial charge in [-0.05, 0) is 24.6 Å². The summed E-state index contributed by atoms with van der Waals surface area (Å²) >= 11 is 3.35. The monoisotopic (exact) mass is 313 g/mol. The van der Waals surface area contributed by atoms with Crippen molar-refractivity contribution in [2.24, 2.45) is 0 Å². The summed E-state index contributed by atoms with van der Waals surface area (Å²) in [5.74, 6) is -0.577. The zero-order chi connectivity index (χ0) is 13.5. The van der Waals surface area contributed by atoms with E-state index in [9.17, 15) is 9.59 Å². The van der Waals surface area contributed by atoms with E-state index in [2.05, 4.69) is 20.7 Å². The van der Waals surface area contributed by atoms with E-state index in [0.717, 1.165) is 10.9 Å². The van der Waals surface area contributed by atoms with Crippen molar-refractivity contribution in [3.8, 4) is 0 Å². The van der Waals surface area contributed by atoms with Gasteiger partial charge in [0.15, 0.2) is 0 Å². The predicted molar refractivity (Wildman–Crippen MR) is 72.7 cm³/mol. The lowest BCUT2D eigenvalue weighted by Gasteiger charge is -2.19. The number of benzene rings is 1. The van der Waals surface area contributed by atoms with Gasteiger partial charge in [-0.25, -0.2) is 0 Å². The SMILES string of the molecule is CCN(CC(=O)OC)C(=O)c1ccc(CBr)cc1. The number of carbonyl (C=O) groups excluding carboxylic acids is 2. The van der Waals surface area contributed by atoms with Gasteiger partial charge in [0, 0.05) is 17.4 Å². The molecule has 0 N–H and O–H groups in total. The molecule has 0 saturated heterocycles. The standard InChI is InChI=1S/C13H16BrNO3/c1-3-15(9-12(16)18-2)13(17)11-6-4-10(8-14)5-7-11/h4-7H,3,8-9H2,1-2H3. The smallest absolute Gasteiger partial charge is 0.325 e. The number of esters is 1. The highest BCUT2D eigenvalue weighted by Gasteiger charge is 2.17. The molecule has 4 nitrogen and oxygen atoms in total. The molecule has 0 aliphatic heterocycles. The second-order valence-corrected chi connectivity index (χ2v) is 4.29. The number of hydrogen-bond donors (Lipinski definition) is 0. The Morgan fingerprint density at radius 1 is 1.28 bits per heavy atom. The van der Waals surface area contributed by atoms with Crippen molar-refractivity contribution in [1.29, 1.82) is 0 Å². The number of carbonyl (C=O) groups is 2. The first-order valence-electron chi connectivity index (χ1n) is 5.63. The molecule has 0 saturated carbocycles. The lowest BCUT2D eigenvalue weighted by atomic mass is 10.1. The van der Waals surface area contributed by atoms with Gasteiger partial charge in [0.1, 0.15) is 6.54 Å². The molecule has 1 rings (SSSR count). The molecule has 1 aromatic rings. The molecule has 0 heterocycles. The van der Waals surface area contributed by atoms with E-state index in [1.54, 1.807) is 12.1 Å². The highest BCUT2D eigenvalue weighted by atomic mass is 79.9. The third kappa shape index (κ3) is 3.84. The zero-order valence-electron chi connectivity index (χ0n) is 10.5. The van der Waals surface area contributed by atoms with E-state index in [1.165, 1.54) is 12.0 Å². The number of hydrogen-bond acceptors (Lipinski definition) is 3. The molecule has 1 aromatic carbocycles. The Balaban J connectivity index is 2.79. The van der Waals surface area contributed by atoms with Crippen LogP contribution in [0.15, 0.2) is 24.3 Å². The Hall–Kier alpha value is -1.36. The summed E-state index contributed by atoms with van der Waals surface area (Å²) in [6.07, 6.45) is 0. The van der Waals surface area contributed by atoms with Gasteiger partial charge in [0.05, 0.1) is 7.11 Å². The van der Waals surface area contributed by atoms with Crippen LogP contribution < -0.4 is 0 Å². The van der Waals surface area contributed by atoms with Crippen molar-refractivity contribution in [2.75, 3.05) is 20.2 Å². The molecule has 0 fully saturated rings. The number of nitrogens with zero attached hydrogens (tertiary/aromatic N) is 1. The van der Waals surface area contributed by atoms with Crippen molar-refractivity contribution >= 4 is 27.8 Å². The highest BCUT2D eigenvalue weighted by molar-refractivity contribution is 9.08. The first-order valence-corrected chi connectivity index (χ1v) is 6.75. The fourth-order valence-electron chi connectivity index (χ4n) is 1.47. The predicted octanol–water partition coefficient (Wildman–Crippen LogP) is 2.22. The van der Waals surface area contributed by atoms with Crippen LogP contribution in [-0.4, -0.2) is 37.0 Å². The molecule has 18 heavy (non-hydrogen) atoms. The van der Waals surface area contributed by atoms with E-state index in [1.807, 2.05) is 19.1 Å². The third-order valence-corrected chi connectivity index (χ3v) is 3.22. The van der Waals surface area contributed by atoms with E-state index >= 15 is 0 Å². The molecule has 0 aromatic heterocycles. The third-order valence-electron chi connectivity index (χ3n) is 2.57. The molecule has 0 aliphatic carbocycles. The van der Waals surface area contributed by atoms with Crippen LogP contribution in [-0.2, 0) is 14.9 Å². The van der Waals surface area contributed by atoms with Crippen molar-refractivity contribution in [1.82, 2.24) is 4.90 Å². The fourth-order valence-corrected chi connectivity index (χ4v) is 1.84. The maximum absolute atomic E-state index is 12.1. The first kappa shape index (κ1) is 14.7. The van der Waals surface area contributed by atoms with E-state index in [0.29, 0.717) is 12.1 Å². The topological polar surface area (TPSA) is 46.6 Å². The van der Waals surface area contributed by atoms with Crippen LogP contribution in [0.3, 0.4) is 0 Å². The Morgan fingerprint density at radius 3 is 2.33 bits per heavy atom. The molecule has 98 valence electrons. The average molecular weight is 314 g/mol. The van der Waals surface area contributed by atoms with Crippen LogP contribution in [0.25, 0.3) is 0 Å². The van der Waals surface area contributed by atoms with Crippen molar-refractivity contribution in [2.45, 2.75) is 12.3 Å². The van der Waals surface area contributed by atoms with Crippen molar-refractivity contribution in [3.05, 3.63) is 35.4 Å². The normalized spacial score (nSPS) is 9.94. The largest absolute Gasteiger partial charge is 0.468 e. The quantitative estimate of drug-likeness (QED) is 0.618. The molecule has 0 radical (unpaired) electrons. The van der Waals surface area contributed by atoms with Gasteiger partial charge >= 0.3 is 5.97 Å². The van der Waals surface area contributed by atoms with E-state index in [-0.39, 0.29) is 12.5 Å². The van der Waals surface area contributed by atoms with Crippen LogP contribution in [0.4, 0.5) is 0 Å². The number of halogens is 1. The van der Waals surface area contributed by atoms with Crippen molar-refractivity contribution in [3.63, 3.8) is 0 Å². The van der Waals surface area contributed by atoms with Gasteiger partial charge in [-0.2, -0.15) is 0 Å². The first-order chi connectivity index (χ1) is 8.62. The fraction of sp³-hybridized carbons (Fsp3) is 0.385. The lowest BCUT2D eigenvalue weighted by Crippen LogP contribution is -2.36. The summed E-state index contributed by atoms with van der Waals surface area (Å²) in [4.78, 5) is 24.8. The van der Waals surface area contributed by atoms with Crippen LogP contribution in [0, 0.1) is 0 Å². The van der Waals surface area contributed by atoms with Gasteiger partial charge in [-0.1, -0.05) is 28.1 Å². The molecule has 0 atom stereocenters. The van der Waals surface area contributed by atoms with Gasteiger partial charge in [0.2, 0.25) is 0 Å². The molecule has 0 aliphatic rings. The number of alkyl halides is 1. The Morgan fingerprint density at radius 2 is 1.89 bits per heavy atom. The summed E-state index contributed by atoms with van der Waals surface area (Å²) in [5, 5.41) is 0.751. The maximum Gasteiger partial charge on any atom is 0.325 e. The minimum Gasteiger partial charge on any atom is -0.468 e. The molecule has 0 bridgehead atoms. The number of likely N-dealkylation sites (N-methyl/N-ethyl adjacent to an activating group) is 1. The number of amides is 1. The number of ether oxygens (including phenoxy) is 1. The maximum atomic E-state index is 12.1. The minimum absolute atomic E-state index is 0.0218. The van der Waals surface area contributed by atoms with Gasteiger partial charge in [-0.15, -0.1) is 0 Å². The van der Waals surface area contributed by atoms with Crippen LogP contribution in [0.5, 0.6) is 0 Å². The van der Waals surface area contributed by atoms with E-state index < -0.39 is 5.97 Å². The van der Waals surface area contributed by atoms with Gasteiger partial charge in [-0.3, -0.25) is 9.59 Å². The van der Waals surface area contributed by atoms with Crippen LogP contribution in [0.1, 0.15) is 22.8 Å². The molecule has 0 unspecified atom stereocenters. The van der Waals surface area contributed by atoms with Gasteiger partial charge < -0.3 is 9.64 Å². The summed E-state index contributed by atoms with van der Waals surface area (Å²) < 4.78 is 4.57. The minimum atomic E-state index is -0.415. The molecular formula is C13H16BrNO3. The highest BCUT2D eigenvalue weighted by Crippen LogP contribution is 2.10. The van der Waals surface area contributed by atoms with Crippen LogP contribution in [0.2, 0.25) is 0 Å². The van der Waals surface area contributed by atoms with Gasteiger partial charge in [0.25, 0.3) is 5.91 Å². The molecule has 1 amide bonds. The Labute approximate surface area is 115 Å². The Bertz CT molecular complexity index is 417. The summed E-state index contributed by atoms with van der Waals surface area (Å²) in [6, 6.07) is 7.29. The number of rotatable bonds is 5. The summed E-state index contributed by atoms with van der Waals surface area (Å²) in [7, 11) is 1.31. The lowest BCUT2D eigenvalue weighted by molar-refractivity contribution is -0.141. The molecular weight excluding hydrogens is 298 g/mol. The molecule has 0 spiro atoms. The molecule has 5 heteroatoms. The van der Waals surface area contributed by atoms with E-state index in [4.69, 9.17) is 0 Å². The zero-order valence-corrected chi connectivity index (χ0v) is 12.1. The number of methoxy groups -OCH3 is 1. The average Bonchev–Trinajstić information content (AvgIpc) is 2.43. The summed E-state index contributed by atoms with van der Waals surface area (Å²) in [6.45, 7) is 2.27. The Kier molecular flexibility index (Phi) is 5.85. The second kappa shape index (κ2) is 7.16. The second-order valence-electron chi connectivity index (χ2n) is 3.73. The van der Waals surface area contributed by atoms with Crippen LogP contribution >= 0.6 is 15.9 Å². The van der Waals surface area contributed by atoms with Crippen molar-refractivity contribution < 1.29 is 14.3 Å². The summed E-state index contributed by atoms with van der Waals surface area (Å²) in [5.41, 5.74) is 1.67.